The van der Waals surface area contributed by atoms with Crippen molar-refractivity contribution in [3.63, 3.8) is 0 Å². The molecule has 4 heteroatoms. The average Bonchev–Trinajstić information content (AvgIpc) is 2.85. The molecule has 1 fully saturated rings. The summed E-state index contributed by atoms with van der Waals surface area (Å²) in [5.74, 6) is 0. The van der Waals surface area contributed by atoms with Gasteiger partial charge in [0, 0.05) is 4.91 Å². The highest BCUT2D eigenvalue weighted by Gasteiger charge is 2.18. The molecular weight excluding hydrogens is 326 g/mol. The van der Waals surface area contributed by atoms with Crippen LogP contribution in [0.25, 0.3) is 27.6 Å². The highest BCUT2D eigenvalue weighted by molar-refractivity contribution is 8.27. The highest BCUT2D eigenvalue weighted by atomic mass is 32.2. The van der Waals surface area contributed by atoms with Gasteiger partial charge in [-0.2, -0.15) is 0 Å². The van der Waals surface area contributed by atoms with Crippen LogP contribution in [0.3, 0.4) is 0 Å². The van der Waals surface area contributed by atoms with Crippen LogP contribution in [-0.4, -0.2) is 9.31 Å². The van der Waals surface area contributed by atoms with Gasteiger partial charge in [-0.15, -0.1) is 0 Å². The van der Waals surface area contributed by atoms with E-state index in [1.165, 1.54) is 38.9 Å². The monoisotopic (exact) mass is 337 g/mol. The SMILES string of the molecule is S=C1NC(=S)C(=Cc2cc3ccccc3c3ccccc23)S1. The molecule has 3 aromatic rings. The molecule has 1 nitrogen and oxygen atoms in total. The molecule has 0 saturated carbocycles. The molecule has 0 amide bonds. The van der Waals surface area contributed by atoms with E-state index in [0.29, 0.717) is 4.99 Å². The molecule has 22 heavy (non-hydrogen) atoms. The number of rotatable bonds is 1. The first kappa shape index (κ1) is 13.9. The number of thioether (sulfide) groups is 1. The molecule has 4 rings (SSSR count). The summed E-state index contributed by atoms with van der Waals surface area (Å²) in [4.78, 5) is 1.73. The summed E-state index contributed by atoms with van der Waals surface area (Å²) >= 11 is 12.1. The van der Waals surface area contributed by atoms with Crippen molar-refractivity contribution in [1.82, 2.24) is 5.32 Å². The van der Waals surface area contributed by atoms with Gasteiger partial charge < -0.3 is 5.32 Å². The predicted octanol–water partition coefficient (Wildman–Crippen LogP) is 5.28. The van der Waals surface area contributed by atoms with Crippen LogP contribution in [0.4, 0.5) is 0 Å². The molecule has 3 aromatic carbocycles. The minimum Gasteiger partial charge on any atom is -0.331 e. The quantitative estimate of drug-likeness (QED) is 0.368. The average molecular weight is 337 g/mol. The van der Waals surface area contributed by atoms with E-state index in [9.17, 15) is 0 Å². The molecule has 106 valence electrons. The maximum absolute atomic E-state index is 5.35. The summed E-state index contributed by atoms with van der Waals surface area (Å²) in [5.41, 5.74) is 1.17. The third-order valence-electron chi connectivity index (χ3n) is 3.73. The van der Waals surface area contributed by atoms with Crippen LogP contribution in [0.2, 0.25) is 0 Å². The zero-order valence-corrected chi connectivity index (χ0v) is 13.9. The van der Waals surface area contributed by atoms with Crippen LogP contribution in [0.15, 0.2) is 59.5 Å². The lowest BCUT2D eigenvalue weighted by Crippen LogP contribution is -2.15. The van der Waals surface area contributed by atoms with Crippen molar-refractivity contribution in [3.05, 3.63) is 65.1 Å². The first-order valence-electron chi connectivity index (χ1n) is 6.88. The third kappa shape index (κ3) is 2.33. The molecule has 1 aliphatic rings. The van der Waals surface area contributed by atoms with E-state index in [4.69, 9.17) is 24.4 Å². The Bertz CT molecular complexity index is 972. The fourth-order valence-electron chi connectivity index (χ4n) is 2.76. The van der Waals surface area contributed by atoms with E-state index in [1.54, 1.807) is 0 Å². The predicted molar refractivity (Wildman–Crippen MR) is 105 cm³/mol. The Morgan fingerprint density at radius 1 is 0.864 bits per heavy atom. The van der Waals surface area contributed by atoms with E-state index in [2.05, 4.69) is 66.0 Å². The fourth-order valence-corrected chi connectivity index (χ4v) is 4.23. The number of benzene rings is 3. The number of hydrogen-bond acceptors (Lipinski definition) is 3. The molecule has 0 radical (unpaired) electrons. The lowest BCUT2D eigenvalue weighted by molar-refractivity contribution is 1.52. The Balaban J connectivity index is 2.02. The number of hydrogen-bond donors (Lipinski definition) is 1. The van der Waals surface area contributed by atoms with E-state index < -0.39 is 0 Å². The molecule has 0 aliphatic carbocycles. The maximum Gasteiger partial charge on any atom is 0.143 e. The Hall–Kier alpha value is -1.75. The normalized spacial score (nSPS) is 16.6. The molecule has 1 N–H and O–H groups in total. The van der Waals surface area contributed by atoms with Gasteiger partial charge in [0.25, 0.3) is 0 Å². The molecule has 0 spiro atoms. The van der Waals surface area contributed by atoms with Crippen molar-refractivity contribution in [2.45, 2.75) is 0 Å². The molecule has 0 atom stereocenters. The second kappa shape index (κ2) is 5.47. The van der Waals surface area contributed by atoms with Crippen LogP contribution in [0, 0.1) is 0 Å². The van der Waals surface area contributed by atoms with Gasteiger partial charge in [0.2, 0.25) is 0 Å². The fraction of sp³-hybridized carbons (Fsp3) is 0. The van der Waals surface area contributed by atoms with Gasteiger partial charge in [-0.1, -0.05) is 84.7 Å². The number of thiocarbonyl (C=S) groups is 2. The Morgan fingerprint density at radius 2 is 1.55 bits per heavy atom. The second-order valence-corrected chi connectivity index (χ2v) is 7.21. The van der Waals surface area contributed by atoms with Crippen LogP contribution in [0.1, 0.15) is 5.56 Å². The Morgan fingerprint density at radius 3 is 2.27 bits per heavy atom. The topological polar surface area (TPSA) is 12.0 Å². The largest absolute Gasteiger partial charge is 0.331 e. The Labute approximate surface area is 143 Å². The molecular formula is C18H11NS3. The first-order valence-corrected chi connectivity index (χ1v) is 8.51. The smallest absolute Gasteiger partial charge is 0.143 e. The van der Waals surface area contributed by atoms with Crippen LogP contribution >= 0.6 is 36.2 Å². The summed E-state index contributed by atoms with van der Waals surface area (Å²) in [5, 5.41) is 8.03. The molecule has 0 bridgehead atoms. The van der Waals surface area contributed by atoms with Gasteiger partial charge in [-0.05, 0) is 39.3 Å². The summed E-state index contributed by atoms with van der Waals surface area (Å²) in [6, 6.07) is 19.2. The summed E-state index contributed by atoms with van der Waals surface area (Å²) in [6.45, 7) is 0. The van der Waals surface area contributed by atoms with Gasteiger partial charge in [-0.25, -0.2) is 0 Å². The van der Waals surface area contributed by atoms with E-state index in [-0.39, 0.29) is 0 Å². The minimum atomic E-state index is 0.715. The van der Waals surface area contributed by atoms with Crippen molar-refractivity contribution in [2.75, 3.05) is 0 Å². The summed E-state index contributed by atoms with van der Waals surface area (Å²) in [7, 11) is 0. The van der Waals surface area contributed by atoms with E-state index in [0.717, 1.165) is 9.23 Å². The third-order valence-corrected chi connectivity index (χ3v) is 5.36. The van der Waals surface area contributed by atoms with Gasteiger partial charge in [0.1, 0.15) is 9.31 Å². The summed E-state index contributed by atoms with van der Waals surface area (Å²) in [6.07, 6.45) is 2.13. The molecule has 1 saturated heterocycles. The van der Waals surface area contributed by atoms with Gasteiger partial charge in [-0.3, -0.25) is 0 Å². The van der Waals surface area contributed by atoms with Crippen LogP contribution in [-0.2, 0) is 0 Å². The number of fused-ring (bicyclic) bond motifs is 3. The van der Waals surface area contributed by atoms with Crippen molar-refractivity contribution >= 4 is 73.1 Å². The summed E-state index contributed by atoms with van der Waals surface area (Å²) < 4.78 is 0.723. The highest BCUT2D eigenvalue weighted by Crippen LogP contribution is 2.33. The van der Waals surface area contributed by atoms with Crippen molar-refractivity contribution < 1.29 is 0 Å². The first-order chi connectivity index (χ1) is 10.7. The second-order valence-electron chi connectivity index (χ2n) is 5.08. The Kier molecular flexibility index (Phi) is 3.45. The standard InChI is InChI=1S/C18H11NS3/c20-17-16(22-18(21)19-17)10-12-9-11-5-1-2-6-13(11)15-8-4-3-7-14(12)15/h1-10H,(H,19,20,21). The van der Waals surface area contributed by atoms with Crippen molar-refractivity contribution in [2.24, 2.45) is 0 Å². The van der Waals surface area contributed by atoms with Crippen molar-refractivity contribution in [1.29, 1.82) is 0 Å². The minimum absolute atomic E-state index is 0.715. The van der Waals surface area contributed by atoms with Gasteiger partial charge in [0.15, 0.2) is 0 Å². The lowest BCUT2D eigenvalue weighted by atomic mass is 9.97. The van der Waals surface area contributed by atoms with Crippen LogP contribution in [0.5, 0.6) is 0 Å². The van der Waals surface area contributed by atoms with Crippen LogP contribution < -0.4 is 5.32 Å². The zero-order valence-electron chi connectivity index (χ0n) is 11.5. The lowest BCUT2D eigenvalue weighted by Gasteiger charge is -2.08. The zero-order chi connectivity index (χ0) is 15.1. The molecule has 1 heterocycles. The van der Waals surface area contributed by atoms with Gasteiger partial charge in [0.05, 0.1) is 0 Å². The van der Waals surface area contributed by atoms with Gasteiger partial charge >= 0.3 is 0 Å². The molecule has 0 aromatic heterocycles. The molecule has 1 aliphatic heterocycles. The van der Waals surface area contributed by atoms with Crippen molar-refractivity contribution in [3.8, 4) is 0 Å². The van der Waals surface area contributed by atoms with E-state index >= 15 is 0 Å². The number of nitrogens with one attached hydrogen (secondary N) is 1. The van der Waals surface area contributed by atoms with E-state index in [1.807, 2.05) is 0 Å². The maximum atomic E-state index is 5.35. The molecule has 0 unspecified atom stereocenters.